The maximum absolute atomic E-state index is 13.1. The van der Waals surface area contributed by atoms with Crippen LogP contribution in [0, 0.1) is 0 Å². The number of anilines is 1. The largest absolute Gasteiger partial charge is 0.315 e. The number of nitrogens with zero attached hydrogens (tertiary/aromatic N) is 1. The number of rotatable bonds is 3. The van der Waals surface area contributed by atoms with E-state index >= 15 is 0 Å². The molecule has 1 amide bonds. The van der Waals surface area contributed by atoms with Crippen molar-refractivity contribution in [3.05, 3.63) is 65.2 Å². The lowest BCUT2D eigenvalue weighted by molar-refractivity contribution is -0.117. The summed E-state index contributed by atoms with van der Waals surface area (Å²) in [6.07, 6.45) is 1.57. The minimum atomic E-state index is -0.251. The first-order chi connectivity index (χ1) is 12.0. The maximum Gasteiger partial charge on any atom is 0.240 e. The topological polar surface area (TPSA) is 37.4 Å². The number of hydrogen-bond donors (Lipinski definition) is 0. The molecule has 1 aliphatic rings. The Morgan fingerprint density at radius 3 is 2.52 bits per heavy atom. The Balaban J connectivity index is 1.85. The number of aryl methyl sites for hydroxylation is 1. The quantitative estimate of drug-likeness (QED) is 0.832. The van der Waals surface area contributed by atoms with E-state index in [2.05, 4.69) is 19.1 Å². The molecule has 0 fully saturated rings. The van der Waals surface area contributed by atoms with Crippen LogP contribution in [-0.2, 0) is 17.6 Å². The van der Waals surface area contributed by atoms with Gasteiger partial charge in [0, 0.05) is 18.3 Å². The molecule has 2 aromatic rings. The molecule has 2 atom stereocenters. The lowest BCUT2D eigenvalue weighted by atomic mass is 9.98. The van der Waals surface area contributed by atoms with Crippen LogP contribution in [0.3, 0.4) is 0 Å². The number of amides is 1. The number of ketones is 1. The van der Waals surface area contributed by atoms with Crippen molar-refractivity contribution in [3.63, 3.8) is 0 Å². The normalized spacial score (nSPS) is 19.9. The van der Waals surface area contributed by atoms with Crippen molar-refractivity contribution in [2.24, 2.45) is 0 Å². The highest BCUT2D eigenvalue weighted by atomic mass is 32.2. The summed E-state index contributed by atoms with van der Waals surface area (Å²) in [5.74, 6) is 0.163. The monoisotopic (exact) mass is 353 g/mol. The summed E-state index contributed by atoms with van der Waals surface area (Å²) in [6, 6.07) is 15.7. The van der Waals surface area contributed by atoms with Crippen LogP contribution < -0.4 is 4.90 Å². The van der Waals surface area contributed by atoms with Crippen LogP contribution in [0.25, 0.3) is 0 Å². The number of carbonyl (C=O) groups is 2. The zero-order valence-electron chi connectivity index (χ0n) is 14.9. The van der Waals surface area contributed by atoms with Crippen LogP contribution in [-0.4, -0.2) is 29.2 Å². The van der Waals surface area contributed by atoms with E-state index < -0.39 is 0 Å². The van der Waals surface area contributed by atoms with Gasteiger partial charge in [0.05, 0.1) is 10.5 Å². The Kier molecular flexibility index (Phi) is 5.28. The SMILES string of the molecule is CCc1ccc(N(C)C(=O)C2Cc3ccccc3C(=O)C(C)S2)cc1. The fourth-order valence-electron chi connectivity index (χ4n) is 3.16. The lowest BCUT2D eigenvalue weighted by Gasteiger charge is -2.24. The second-order valence-electron chi connectivity index (χ2n) is 6.41. The van der Waals surface area contributed by atoms with Crippen LogP contribution in [0.1, 0.15) is 35.3 Å². The Hall–Kier alpha value is -2.07. The van der Waals surface area contributed by atoms with Gasteiger partial charge >= 0.3 is 0 Å². The van der Waals surface area contributed by atoms with Crippen molar-refractivity contribution in [1.29, 1.82) is 0 Å². The predicted molar refractivity (Wildman–Crippen MR) is 105 cm³/mol. The smallest absolute Gasteiger partial charge is 0.240 e. The van der Waals surface area contributed by atoms with E-state index in [0.717, 1.165) is 23.2 Å². The molecule has 0 aliphatic carbocycles. The summed E-state index contributed by atoms with van der Waals surface area (Å²) >= 11 is 1.47. The van der Waals surface area contributed by atoms with Crippen molar-refractivity contribution < 1.29 is 9.59 Å². The molecule has 0 saturated carbocycles. The van der Waals surface area contributed by atoms with Crippen LogP contribution in [0.5, 0.6) is 0 Å². The average molecular weight is 353 g/mol. The molecule has 2 aromatic carbocycles. The highest BCUT2D eigenvalue weighted by molar-refractivity contribution is 8.02. The molecule has 3 rings (SSSR count). The number of carbonyl (C=O) groups excluding carboxylic acids is 2. The van der Waals surface area contributed by atoms with E-state index in [1.807, 2.05) is 50.4 Å². The summed E-state index contributed by atoms with van der Waals surface area (Å²) in [5, 5.41) is -0.466. The van der Waals surface area contributed by atoms with Gasteiger partial charge in [-0.05, 0) is 43.0 Å². The Labute approximate surface area is 153 Å². The van der Waals surface area contributed by atoms with Crippen LogP contribution in [0.2, 0.25) is 0 Å². The van der Waals surface area contributed by atoms with Crippen molar-refractivity contribution in [1.82, 2.24) is 0 Å². The number of thioether (sulfide) groups is 1. The van der Waals surface area contributed by atoms with Gasteiger partial charge in [-0.15, -0.1) is 11.8 Å². The highest BCUT2D eigenvalue weighted by Crippen LogP contribution is 2.32. The van der Waals surface area contributed by atoms with Crippen molar-refractivity contribution in [2.45, 2.75) is 37.2 Å². The molecular weight excluding hydrogens is 330 g/mol. The van der Waals surface area contributed by atoms with Crippen molar-refractivity contribution >= 4 is 29.1 Å². The van der Waals surface area contributed by atoms with E-state index in [4.69, 9.17) is 0 Å². The molecule has 0 radical (unpaired) electrons. The van der Waals surface area contributed by atoms with Gasteiger partial charge in [-0.25, -0.2) is 0 Å². The van der Waals surface area contributed by atoms with E-state index in [1.54, 1.807) is 4.90 Å². The molecule has 0 aromatic heterocycles. The predicted octanol–water partition coefficient (Wildman–Crippen LogP) is 4.14. The molecular formula is C21H23NO2S. The van der Waals surface area contributed by atoms with Gasteiger partial charge in [0.15, 0.2) is 5.78 Å². The van der Waals surface area contributed by atoms with E-state index in [1.165, 1.54) is 17.3 Å². The van der Waals surface area contributed by atoms with Gasteiger partial charge in [-0.3, -0.25) is 9.59 Å². The summed E-state index contributed by atoms with van der Waals surface area (Å²) in [4.78, 5) is 27.3. The van der Waals surface area contributed by atoms with E-state index in [-0.39, 0.29) is 22.2 Å². The van der Waals surface area contributed by atoms with Gasteiger partial charge in [0.2, 0.25) is 5.91 Å². The second-order valence-corrected chi connectivity index (χ2v) is 7.96. The molecule has 25 heavy (non-hydrogen) atoms. The maximum atomic E-state index is 13.1. The minimum Gasteiger partial charge on any atom is -0.315 e. The third-order valence-corrected chi connectivity index (χ3v) is 6.08. The number of Topliss-reactive ketones (excluding diaryl/α,β-unsaturated/α-hetero) is 1. The first kappa shape index (κ1) is 17.7. The zero-order valence-corrected chi connectivity index (χ0v) is 15.7. The van der Waals surface area contributed by atoms with E-state index in [9.17, 15) is 9.59 Å². The molecule has 1 aliphatic heterocycles. The van der Waals surface area contributed by atoms with Gasteiger partial charge in [-0.1, -0.05) is 43.3 Å². The third kappa shape index (κ3) is 3.64. The number of benzene rings is 2. The molecule has 0 N–H and O–H groups in total. The van der Waals surface area contributed by atoms with Crippen molar-refractivity contribution in [3.8, 4) is 0 Å². The highest BCUT2D eigenvalue weighted by Gasteiger charge is 2.33. The van der Waals surface area contributed by atoms with E-state index in [0.29, 0.717) is 6.42 Å². The molecule has 4 heteroatoms. The summed E-state index contributed by atoms with van der Waals surface area (Å²) in [7, 11) is 1.81. The van der Waals surface area contributed by atoms with Crippen LogP contribution in [0.4, 0.5) is 5.69 Å². The van der Waals surface area contributed by atoms with Gasteiger partial charge in [-0.2, -0.15) is 0 Å². The Bertz CT molecular complexity index is 785. The van der Waals surface area contributed by atoms with Crippen LogP contribution >= 0.6 is 11.8 Å². The Morgan fingerprint density at radius 2 is 1.84 bits per heavy atom. The summed E-state index contributed by atoms with van der Waals surface area (Å²) in [6.45, 7) is 4.01. The second kappa shape index (κ2) is 7.44. The first-order valence-electron chi connectivity index (χ1n) is 8.65. The fraction of sp³-hybridized carbons (Fsp3) is 0.333. The molecule has 3 nitrogen and oxygen atoms in total. The lowest BCUT2D eigenvalue weighted by Crippen LogP contribution is -2.36. The summed E-state index contributed by atoms with van der Waals surface area (Å²) < 4.78 is 0. The van der Waals surface area contributed by atoms with Crippen LogP contribution in [0.15, 0.2) is 48.5 Å². The van der Waals surface area contributed by atoms with Gasteiger partial charge in [0.1, 0.15) is 0 Å². The number of fused-ring (bicyclic) bond motifs is 1. The number of hydrogen-bond acceptors (Lipinski definition) is 3. The van der Waals surface area contributed by atoms with Gasteiger partial charge < -0.3 is 4.90 Å². The molecule has 0 bridgehead atoms. The average Bonchev–Trinajstić information content (AvgIpc) is 2.78. The fourth-order valence-corrected chi connectivity index (χ4v) is 4.45. The Morgan fingerprint density at radius 1 is 1.16 bits per heavy atom. The molecule has 130 valence electrons. The molecule has 1 heterocycles. The minimum absolute atomic E-state index is 0.0469. The third-order valence-electron chi connectivity index (χ3n) is 4.76. The first-order valence-corrected chi connectivity index (χ1v) is 9.59. The molecule has 0 saturated heterocycles. The van der Waals surface area contributed by atoms with Gasteiger partial charge in [0.25, 0.3) is 0 Å². The zero-order chi connectivity index (χ0) is 18.0. The van der Waals surface area contributed by atoms with Crippen molar-refractivity contribution in [2.75, 3.05) is 11.9 Å². The summed E-state index contributed by atoms with van der Waals surface area (Å²) in [5.41, 5.74) is 3.87. The molecule has 0 spiro atoms. The molecule has 2 unspecified atom stereocenters. The standard InChI is InChI=1S/C21H23NO2S/c1-4-15-9-11-17(12-10-15)22(3)21(24)19-13-16-7-5-6-8-18(16)20(23)14(2)25-19/h5-12,14,19H,4,13H2,1-3H3.